The summed E-state index contributed by atoms with van der Waals surface area (Å²) in [5.74, 6) is -1.26. The zero-order valence-corrected chi connectivity index (χ0v) is 11.7. The molecule has 0 aromatic carbocycles. The van der Waals surface area contributed by atoms with Crippen molar-refractivity contribution in [2.24, 2.45) is 11.8 Å². The van der Waals surface area contributed by atoms with Crippen LogP contribution in [0.15, 0.2) is 10.9 Å². The largest absolute Gasteiger partial charge is 0.481 e. The van der Waals surface area contributed by atoms with Crippen molar-refractivity contribution >= 4 is 23.2 Å². The van der Waals surface area contributed by atoms with Crippen LogP contribution in [-0.4, -0.2) is 33.9 Å². The maximum atomic E-state index is 12.3. The van der Waals surface area contributed by atoms with E-state index in [1.165, 1.54) is 11.3 Å². The number of thiazole rings is 1. The van der Waals surface area contributed by atoms with Crippen LogP contribution in [0.25, 0.3) is 0 Å². The Morgan fingerprint density at radius 2 is 2.21 bits per heavy atom. The normalized spacial score (nSPS) is 23.0. The van der Waals surface area contributed by atoms with Crippen LogP contribution < -0.4 is 0 Å². The fourth-order valence-electron chi connectivity index (χ4n) is 2.59. The van der Waals surface area contributed by atoms with Gasteiger partial charge in [-0.05, 0) is 19.3 Å². The summed E-state index contributed by atoms with van der Waals surface area (Å²) in [4.78, 5) is 29.1. The minimum absolute atomic E-state index is 0.0407. The van der Waals surface area contributed by atoms with Gasteiger partial charge in [0.15, 0.2) is 0 Å². The molecule has 2 atom stereocenters. The summed E-state index contributed by atoms with van der Waals surface area (Å²) < 4.78 is 0. The number of carbonyl (C=O) groups is 2. The third-order valence-electron chi connectivity index (χ3n) is 3.63. The Labute approximate surface area is 116 Å². The van der Waals surface area contributed by atoms with Gasteiger partial charge in [0, 0.05) is 18.3 Å². The van der Waals surface area contributed by atoms with E-state index in [2.05, 4.69) is 4.98 Å². The molecule has 0 saturated heterocycles. The number of hydrogen-bond donors (Lipinski definition) is 1. The molecule has 19 heavy (non-hydrogen) atoms. The second-order valence-corrected chi connectivity index (χ2v) is 5.79. The summed E-state index contributed by atoms with van der Waals surface area (Å²) in [5, 5.41) is 11.0. The van der Waals surface area contributed by atoms with Crippen LogP contribution in [0.2, 0.25) is 0 Å². The van der Waals surface area contributed by atoms with Crippen molar-refractivity contribution in [3.63, 3.8) is 0 Å². The van der Waals surface area contributed by atoms with Gasteiger partial charge in [0.2, 0.25) is 5.91 Å². The zero-order valence-electron chi connectivity index (χ0n) is 10.9. The fourth-order valence-corrected chi connectivity index (χ4v) is 3.14. The quantitative estimate of drug-likeness (QED) is 0.917. The number of nitrogens with zero attached hydrogens (tertiary/aromatic N) is 2. The average molecular weight is 282 g/mol. The summed E-state index contributed by atoms with van der Waals surface area (Å²) in [6.45, 7) is 0.497. The minimum atomic E-state index is -0.778. The number of aromatic nitrogens is 1. The molecule has 0 bridgehead atoms. The van der Waals surface area contributed by atoms with Gasteiger partial charge in [0.1, 0.15) is 0 Å². The summed E-state index contributed by atoms with van der Waals surface area (Å²) in [7, 11) is 1.76. The van der Waals surface area contributed by atoms with Crippen LogP contribution in [0.1, 0.15) is 31.4 Å². The van der Waals surface area contributed by atoms with E-state index in [4.69, 9.17) is 5.11 Å². The molecule has 1 saturated carbocycles. The maximum absolute atomic E-state index is 12.3. The monoisotopic (exact) mass is 282 g/mol. The van der Waals surface area contributed by atoms with E-state index in [1.807, 2.05) is 5.38 Å². The SMILES string of the molecule is CN(Cc1cscn1)C(=O)[C@H]1CCC[C@H](C(=O)O)C1. The van der Waals surface area contributed by atoms with E-state index in [0.29, 0.717) is 19.4 Å². The van der Waals surface area contributed by atoms with Crippen molar-refractivity contribution in [1.29, 1.82) is 0 Å². The molecule has 1 amide bonds. The van der Waals surface area contributed by atoms with Crippen LogP contribution in [0, 0.1) is 11.8 Å². The lowest BCUT2D eigenvalue weighted by Crippen LogP contribution is -2.36. The Balaban J connectivity index is 1.93. The molecule has 1 aromatic rings. The number of hydrogen-bond acceptors (Lipinski definition) is 4. The van der Waals surface area contributed by atoms with Crippen molar-refractivity contribution in [2.75, 3.05) is 7.05 Å². The first-order chi connectivity index (χ1) is 9.08. The smallest absolute Gasteiger partial charge is 0.306 e. The Morgan fingerprint density at radius 3 is 2.84 bits per heavy atom. The molecule has 6 heteroatoms. The average Bonchev–Trinajstić information content (AvgIpc) is 2.90. The highest BCUT2D eigenvalue weighted by Gasteiger charge is 2.32. The Kier molecular flexibility index (Phi) is 4.52. The summed E-state index contributed by atoms with van der Waals surface area (Å²) in [6.07, 6.45) is 2.77. The lowest BCUT2D eigenvalue weighted by molar-refractivity contribution is -0.145. The van der Waals surface area contributed by atoms with Crippen LogP contribution >= 0.6 is 11.3 Å². The molecule has 1 aliphatic carbocycles. The first-order valence-electron chi connectivity index (χ1n) is 6.42. The van der Waals surface area contributed by atoms with E-state index in [9.17, 15) is 9.59 Å². The van der Waals surface area contributed by atoms with Crippen molar-refractivity contribution in [2.45, 2.75) is 32.2 Å². The lowest BCUT2D eigenvalue weighted by Gasteiger charge is -2.29. The minimum Gasteiger partial charge on any atom is -0.481 e. The molecule has 1 aliphatic rings. The topological polar surface area (TPSA) is 70.5 Å². The second kappa shape index (κ2) is 6.14. The van der Waals surface area contributed by atoms with Gasteiger partial charge in [-0.2, -0.15) is 0 Å². The Hall–Kier alpha value is -1.43. The molecular formula is C13H18N2O3S. The molecule has 1 fully saturated rings. The van der Waals surface area contributed by atoms with Gasteiger partial charge in [-0.1, -0.05) is 6.42 Å². The summed E-state index contributed by atoms with van der Waals surface area (Å²) in [6, 6.07) is 0. The summed E-state index contributed by atoms with van der Waals surface area (Å²) >= 11 is 1.51. The van der Waals surface area contributed by atoms with E-state index in [0.717, 1.165) is 18.5 Å². The first kappa shape index (κ1) is 14.0. The second-order valence-electron chi connectivity index (χ2n) is 5.07. The number of carboxylic acid groups (broad SMARTS) is 1. The predicted molar refractivity (Wildman–Crippen MR) is 71.7 cm³/mol. The lowest BCUT2D eigenvalue weighted by atomic mass is 9.81. The van der Waals surface area contributed by atoms with Crippen molar-refractivity contribution in [1.82, 2.24) is 9.88 Å². The molecule has 0 spiro atoms. The Bertz CT molecular complexity index is 447. The third kappa shape index (κ3) is 3.53. The highest BCUT2D eigenvalue weighted by molar-refractivity contribution is 7.07. The van der Waals surface area contributed by atoms with E-state index >= 15 is 0 Å². The van der Waals surface area contributed by atoms with E-state index in [-0.39, 0.29) is 17.7 Å². The van der Waals surface area contributed by atoms with Gasteiger partial charge in [-0.25, -0.2) is 4.98 Å². The van der Waals surface area contributed by atoms with E-state index in [1.54, 1.807) is 17.5 Å². The van der Waals surface area contributed by atoms with Gasteiger partial charge >= 0.3 is 5.97 Å². The molecule has 1 heterocycles. The molecule has 0 radical (unpaired) electrons. The molecule has 1 aromatic heterocycles. The molecule has 0 unspecified atom stereocenters. The zero-order chi connectivity index (χ0) is 13.8. The Morgan fingerprint density at radius 1 is 1.47 bits per heavy atom. The molecule has 2 rings (SSSR count). The number of rotatable bonds is 4. The standard InChI is InChI=1S/C13H18N2O3S/c1-15(6-11-7-19-8-14-11)12(16)9-3-2-4-10(5-9)13(17)18/h7-10H,2-6H2,1H3,(H,17,18)/t9-,10-/m0/s1. The van der Waals surface area contributed by atoms with Gasteiger partial charge in [0.05, 0.1) is 23.7 Å². The first-order valence-corrected chi connectivity index (χ1v) is 7.37. The number of amides is 1. The van der Waals surface area contributed by atoms with Gasteiger partial charge < -0.3 is 10.0 Å². The van der Waals surface area contributed by atoms with Crippen LogP contribution in [0.3, 0.4) is 0 Å². The molecule has 104 valence electrons. The van der Waals surface area contributed by atoms with Gasteiger partial charge in [-0.3, -0.25) is 9.59 Å². The molecule has 5 nitrogen and oxygen atoms in total. The van der Waals surface area contributed by atoms with Crippen molar-refractivity contribution in [3.8, 4) is 0 Å². The van der Waals surface area contributed by atoms with Gasteiger partial charge in [0.25, 0.3) is 0 Å². The highest BCUT2D eigenvalue weighted by Crippen LogP contribution is 2.30. The fraction of sp³-hybridized carbons (Fsp3) is 0.615. The predicted octanol–water partition coefficient (Wildman–Crippen LogP) is 1.99. The number of carboxylic acids is 1. The maximum Gasteiger partial charge on any atom is 0.306 e. The van der Waals surface area contributed by atoms with Gasteiger partial charge in [-0.15, -0.1) is 11.3 Å². The van der Waals surface area contributed by atoms with Crippen molar-refractivity contribution < 1.29 is 14.7 Å². The molecule has 1 N–H and O–H groups in total. The highest BCUT2D eigenvalue weighted by atomic mass is 32.1. The molecule has 0 aliphatic heterocycles. The number of aliphatic carboxylic acids is 1. The van der Waals surface area contributed by atoms with Crippen LogP contribution in [-0.2, 0) is 16.1 Å². The third-order valence-corrected chi connectivity index (χ3v) is 4.27. The molecular weight excluding hydrogens is 264 g/mol. The summed E-state index contributed by atoms with van der Waals surface area (Å²) in [5.41, 5.74) is 2.63. The van der Waals surface area contributed by atoms with Crippen molar-refractivity contribution in [3.05, 3.63) is 16.6 Å². The van der Waals surface area contributed by atoms with E-state index < -0.39 is 5.97 Å². The van der Waals surface area contributed by atoms with Crippen LogP contribution in [0.5, 0.6) is 0 Å². The number of carbonyl (C=O) groups excluding carboxylic acids is 1. The van der Waals surface area contributed by atoms with Crippen LogP contribution in [0.4, 0.5) is 0 Å².